The second-order valence-corrected chi connectivity index (χ2v) is 9.79. The van der Waals surface area contributed by atoms with E-state index in [-0.39, 0.29) is 4.90 Å². The van der Waals surface area contributed by atoms with Gasteiger partial charge < -0.3 is 4.42 Å². The quantitative estimate of drug-likeness (QED) is 0.363. The van der Waals surface area contributed by atoms with Crippen LogP contribution >= 0.6 is 0 Å². The number of sulfonamides is 1. The molecular formula is C24H19F3N2O3S. The zero-order valence-electron chi connectivity index (χ0n) is 17.3. The van der Waals surface area contributed by atoms with E-state index in [1.54, 1.807) is 48.5 Å². The van der Waals surface area contributed by atoms with Gasteiger partial charge in [-0.1, -0.05) is 36.4 Å². The van der Waals surface area contributed by atoms with Gasteiger partial charge in [0, 0.05) is 6.54 Å². The van der Waals surface area contributed by atoms with E-state index in [0.29, 0.717) is 47.5 Å². The van der Waals surface area contributed by atoms with Gasteiger partial charge in [-0.05, 0) is 60.4 Å². The summed E-state index contributed by atoms with van der Waals surface area (Å²) in [6.07, 6.45) is -3.12. The molecule has 1 aliphatic rings. The van der Waals surface area contributed by atoms with Gasteiger partial charge in [-0.25, -0.2) is 13.4 Å². The van der Waals surface area contributed by atoms with Crippen molar-refractivity contribution in [2.24, 2.45) is 0 Å². The Morgan fingerprint density at radius 2 is 1.64 bits per heavy atom. The molecule has 5 rings (SSSR count). The van der Waals surface area contributed by atoms with Crippen LogP contribution in [0.2, 0.25) is 0 Å². The van der Waals surface area contributed by atoms with Gasteiger partial charge in [-0.2, -0.15) is 17.5 Å². The van der Waals surface area contributed by atoms with Crippen LogP contribution in [0.25, 0.3) is 22.2 Å². The molecule has 1 aromatic heterocycles. The van der Waals surface area contributed by atoms with Crippen LogP contribution in [0, 0.1) is 0 Å². The maximum atomic E-state index is 13.1. The number of nitrogens with zero attached hydrogens (tertiary/aromatic N) is 2. The topological polar surface area (TPSA) is 63.4 Å². The molecule has 0 saturated carbocycles. The average Bonchev–Trinajstić information content (AvgIpc) is 3.46. The molecule has 33 heavy (non-hydrogen) atoms. The summed E-state index contributed by atoms with van der Waals surface area (Å²) in [6.45, 7) is 0.372. The van der Waals surface area contributed by atoms with Crippen molar-refractivity contribution in [1.29, 1.82) is 0 Å². The van der Waals surface area contributed by atoms with Crippen LogP contribution in [-0.2, 0) is 16.2 Å². The molecule has 0 bridgehead atoms. The van der Waals surface area contributed by atoms with Crippen LogP contribution in [-0.4, -0.2) is 24.3 Å². The first-order valence-electron chi connectivity index (χ1n) is 10.4. The molecular weight excluding hydrogens is 453 g/mol. The number of benzene rings is 3. The maximum Gasteiger partial charge on any atom is 0.416 e. The molecule has 1 atom stereocenters. The smallest absolute Gasteiger partial charge is 0.416 e. The minimum Gasteiger partial charge on any atom is -0.439 e. The second-order valence-electron chi connectivity index (χ2n) is 7.90. The summed E-state index contributed by atoms with van der Waals surface area (Å²) in [5.41, 5.74) is 1.60. The van der Waals surface area contributed by atoms with Crippen molar-refractivity contribution in [2.45, 2.75) is 30.0 Å². The first-order chi connectivity index (χ1) is 15.7. The molecule has 5 nitrogen and oxygen atoms in total. The third-order valence-corrected chi connectivity index (χ3v) is 7.71. The molecule has 0 N–H and O–H groups in total. The lowest BCUT2D eigenvalue weighted by molar-refractivity contribution is -0.137. The van der Waals surface area contributed by atoms with E-state index in [1.807, 2.05) is 0 Å². The standard InChI is InChI=1S/C24H19F3N2O3S/c25-24(26,27)18-11-8-16(9-12-18)17-10-13-22-20(15-17)28-23(32-22)21-7-4-14-29(21)33(30,31)19-5-2-1-3-6-19/h1-3,5-6,8-13,15,21H,4,7,14H2/t21-/m0/s1. The minimum atomic E-state index is -4.39. The number of fused-ring (bicyclic) bond motifs is 1. The molecule has 1 aliphatic heterocycles. The normalized spacial score (nSPS) is 17.6. The van der Waals surface area contributed by atoms with E-state index in [4.69, 9.17) is 4.42 Å². The minimum absolute atomic E-state index is 0.220. The van der Waals surface area contributed by atoms with Crippen molar-refractivity contribution >= 4 is 21.1 Å². The number of rotatable bonds is 4. The predicted molar refractivity (Wildman–Crippen MR) is 117 cm³/mol. The molecule has 0 spiro atoms. The van der Waals surface area contributed by atoms with Crippen molar-refractivity contribution in [3.63, 3.8) is 0 Å². The Hall–Kier alpha value is -3.17. The Kier molecular flexibility index (Phi) is 5.25. The van der Waals surface area contributed by atoms with Crippen LogP contribution in [0.15, 0.2) is 82.1 Å². The van der Waals surface area contributed by atoms with Crippen LogP contribution in [0.1, 0.15) is 30.3 Å². The highest BCUT2D eigenvalue weighted by atomic mass is 32.2. The number of hydrogen-bond acceptors (Lipinski definition) is 4. The van der Waals surface area contributed by atoms with Crippen molar-refractivity contribution in [1.82, 2.24) is 9.29 Å². The molecule has 1 fully saturated rings. The fourth-order valence-corrected chi connectivity index (χ4v) is 5.79. The molecule has 9 heteroatoms. The summed E-state index contributed by atoms with van der Waals surface area (Å²) in [5, 5.41) is 0. The van der Waals surface area contributed by atoms with Gasteiger partial charge in [0.25, 0.3) is 0 Å². The van der Waals surface area contributed by atoms with Crippen molar-refractivity contribution in [3.05, 3.63) is 84.3 Å². The summed E-state index contributed by atoms with van der Waals surface area (Å²) >= 11 is 0. The highest BCUT2D eigenvalue weighted by Gasteiger charge is 2.39. The zero-order chi connectivity index (χ0) is 23.2. The van der Waals surface area contributed by atoms with Gasteiger partial charge >= 0.3 is 6.18 Å². The van der Waals surface area contributed by atoms with Crippen LogP contribution in [0.5, 0.6) is 0 Å². The Balaban J connectivity index is 1.46. The van der Waals surface area contributed by atoms with E-state index >= 15 is 0 Å². The SMILES string of the molecule is O=S(=O)(c1ccccc1)N1CCC[C@H]1c1nc2cc(-c3ccc(C(F)(F)F)cc3)ccc2o1. The second kappa shape index (κ2) is 8.00. The molecule has 0 aliphatic carbocycles. The lowest BCUT2D eigenvalue weighted by Crippen LogP contribution is -2.30. The molecule has 0 unspecified atom stereocenters. The number of aromatic nitrogens is 1. The van der Waals surface area contributed by atoms with Crippen molar-refractivity contribution in [3.8, 4) is 11.1 Å². The van der Waals surface area contributed by atoms with E-state index in [0.717, 1.165) is 12.1 Å². The number of oxazole rings is 1. The van der Waals surface area contributed by atoms with E-state index < -0.39 is 27.8 Å². The Bertz CT molecular complexity index is 1400. The molecule has 0 amide bonds. The first-order valence-corrected chi connectivity index (χ1v) is 11.8. The zero-order valence-corrected chi connectivity index (χ0v) is 18.1. The Morgan fingerprint density at radius 3 is 2.33 bits per heavy atom. The molecule has 170 valence electrons. The summed E-state index contributed by atoms with van der Waals surface area (Å²) in [7, 11) is -3.70. The third kappa shape index (κ3) is 4.02. The number of halogens is 3. The van der Waals surface area contributed by atoms with Gasteiger partial charge in [0.05, 0.1) is 10.5 Å². The van der Waals surface area contributed by atoms with E-state index in [2.05, 4.69) is 4.98 Å². The Morgan fingerprint density at radius 1 is 0.939 bits per heavy atom. The lowest BCUT2D eigenvalue weighted by Gasteiger charge is -2.21. The number of hydrogen-bond donors (Lipinski definition) is 0. The maximum absolute atomic E-state index is 13.1. The van der Waals surface area contributed by atoms with Gasteiger partial charge in [0.15, 0.2) is 5.58 Å². The summed E-state index contributed by atoms with van der Waals surface area (Å²) < 4.78 is 72.1. The van der Waals surface area contributed by atoms with E-state index in [1.165, 1.54) is 16.4 Å². The Labute approximate surface area is 188 Å². The fraction of sp³-hybridized carbons (Fsp3) is 0.208. The van der Waals surface area contributed by atoms with Crippen LogP contribution in [0.3, 0.4) is 0 Å². The number of alkyl halides is 3. The molecule has 3 aromatic carbocycles. The molecule has 1 saturated heterocycles. The third-order valence-electron chi connectivity index (χ3n) is 5.79. The summed E-state index contributed by atoms with van der Waals surface area (Å²) in [6, 6.07) is 17.8. The van der Waals surface area contributed by atoms with Crippen molar-refractivity contribution < 1.29 is 26.0 Å². The largest absolute Gasteiger partial charge is 0.439 e. The average molecular weight is 472 g/mol. The van der Waals surface area contributed by atoms with E-state index in [9.17, 15) is 21.6 Å². The molecule has 2 heterocycles. The van der Waals surface area contributed by atoms with Gasteiger partial charge in [-0.3, -0.25) is 0 Å². The lowest BCUT2D eigenvalue weighted by atomic mass is 10.0. The van der Waals surface area contributed by atoms with Crippen molar-refractivity contribution in [2.75, 3.05) is 6.54 Å². The van der Waals surface area contributed by atoms with Crippen LogP contribution < -0.4 is 0 Å². The van der Waals surface area contributed by atoms with Crippen LogP contribution in [0.4, 0.5) is 13.2 Å². The summed E-state index contributed by atoms with van der Waals surface area (Å²) in [4.78, 5) is 4.76. The summed E-state index contributed by atoms with van der Waals surface area (Å²) in [5.74, 6) is 0.312. The molecule has 0 radical (unpaired) electrons. The predicted octanol–water partition coefficient (Wildman–Crippen LogP) is 6.04. The monoisotopic (exact) mass is 472 g/mol. The highest BCUT2D eigenvalue weighted by molar-refractivity contribution is 7.89. The van der Waals surface area contributed by atoms with Gasteiger partial charge in [0.2, 0.25) is 15.9 Å². The van der Waals surface area contributed by atoms with Gasteiger partial charge in [-0.15, -0.1) is 0 Å². The fourth-order valence-electron chi connectivity index (χ4n) is 4.12. The molecule has 4 aromatic rings. The highest BCUT2D eigenvalue weighted by Crippen LogP contribution is 2.38. The van der Waals surface area contributed by atoms with Gasteiger partial charge in [0.1, 0.15) is 11.6 Å². The first kappa shape index (κ1) is 21.7.